The summed E-state index contributed by atoms with van der Waals surface area (Å²) in [5.74, 6) is 1.20. The van der Waals surface area contributed by atoms with Crippen LogP contribution in [0.3, 0.4) is 0 Å². The van der Waals surface area contributed by atoms with Crippen LogP contribution in [0.5, 0.6) is 0 Å². The van der Waals surface area contributed by atoms with Crippen LogP contribution >= 0.6 is 11.6 Å². The Labute approximate surface area is 196 Å². The first-order valence-electron chi connectivity index (χ1n) is 10.9. The van der Waals surface area contributed by atoms with Crippen molar-refractivity contribution < 1.29 is 9.21 Å². The number of aromatic nitrogens is 4. The molecule has 1 aromatic carbocycles. The molecule has 5 rings (SSSR count). The topological polar surface area (TPSA) is 85.0 Å². The van der Waals surface area contributed by atoms with Gasteiger partial charge in [0.15, 0.2) is 0 Å². The maximum absolute atomic E-state index is 13.4. The molecule has 0 aliphatic carbocycles. The van der Waals surface area contributed by atoms with Gasteiger partial charge in [-0.05, 0) is 49.1 Å². The molecule has 1 fully saturated rings. The Bertz CT molecular complexity index is 1240. The molecule has 1 aliphatic heterocycles. The first-order valence-corrected chi connectivity index (χ1v) is 11.3. The Hall–Kier alpha value is -3.58. The SMILES string of the molecule is O=C(c1cccc(-c2cncnc2)n1)N1CCCC[C@@H]1c1ncc(Cc2ccc(Cl)cc2)o1. The quantitative estimate of drug-likeness (QED) is 0.411. The minimum Gasteiger partial charge on any atom is -0.443 e. The van der Waals surface area contributed by atoms with E-state index in [4.69, 9.17) is 16.0 Å². The van der Waals surface area contributed by atoms with Crippen molar-refractivity contribution in [1.82, 2.24) is 24.8 Å². The van der Waals surface area contributed by atoms with Gasteiger partial charge in [0.1, 0.15) is 23.8 Å². The minimum absolute atomic E-state index is 0.129. The van der Waals surface area contributed by atoms with Crippen molar-refractivity contribution in [3.05, 3.63) is 95.3 Å². The Morgan fingerprint density at radius 3 is 2.70 bits per heavy atom. The molecule has 1 amide bonds. The molecule has 4 aromatic rings. The van der Waals surface area contributed by atoms with Crippen LogP contribution in [0.4, 0.5) is 0 Å². The molecule has 0 N–H and O–H groups in total. The average molecular weight is 460 g/mol. The highest BCUT2D eigenvalue weighted by atomic mass is 35.5. The van der Waals surface area contributed by atoms with Gasteiger partial charge >= 0.3 is 0 Å². The molecule has 8 heteroatoms. The second-order valence-electron chi connectivity index (χ2n) is 8.01. The molecule has 4 heterocycles. The molecule has 33 heavy (non-hydrogen) atoms. The number of oxazole rings is 1. The lowest BCUT2D eigenvalue weighted by Gasteiger charge is -2.33. The van der Waals surface area contributed by atoms with Crippen molar-refractivity contribution in [2.45, 2.75) is 31.7 Å². The van der Waals surface area contributed by atoms with Gasteiger partial charge in [0, 0.05) is 35.9 Å². The molecule has 0 spiro atoms. The van der Waals surface area contributed by atoms with Gasteiger partial charge in [-0.15, -0.1) is 0 Å². The van der Waals surface area contributed by atoms with E-state index in [2.05, 4.69) is 19.9 Å². The lowest BCUT2D eigenvalue weighted by molar-refractivity contribution is 0.0564. The maximum atomic E-state index is 13.4. The molecule has 0 saturated carbocycles. The number of amides is 1. The predicted octanol–water partition coefficient (Wildman–Crippen LogP) is 5.14. The molecule has 3 aromatic heterocycles. The normalized spacial score (nSPS) is 16.0. The van der Waals surface area contributed by atoms with Crippen molar-refractivity contribution >= 4 is 17.5 Å². The largest absolute Gasteiger partial charge is 0.443 e. The summed E-state index contributed by atoms with van der Waals surface area (Å²) in [6.45, 7) is 0.638. The van der Waals surface area contributed by atoms with Crippen molar-refractivity contribution in [2.24, 2.45) is 0 Å². The number of nitrogens with zero attached hydrogens (tertiary/aromatic N) is 5. The van der Waals surface area contributed by atoms with E-state index in [0.717, 1.165) is 36.1 Å². The monoisotopic (exact) mass is 459 g/mol. The summed E-state index contributed by atoms with van der Waals surface area (Å²) in [5.41, 5.74) is 2.90. The highest BCUT2D eigenvalue weighted by Gasteiger charge is 2.32. The number of carbonyl (C=O) groups is 1. The van der Waals surface area contributed by atoms with Gasteiger partial charge in [0.05, 0.1) is 11.9 Å². The Kier molecular flexibility index (Phi) is 6.13. The summed E-state index contributed by atoms with van der Waals surface area (Å²) in [6, 6.07) is 12.9. The van der Waals surface area contributed by atoms with Crippen molar-refractivity contribution in [3.63, 3.8) is 0 Å². The van der Waals surface area contributed by atoms with Crippen molar-refractivity contribution in [2.75, 3.05) is 6.54 Å². The number of rotatable bonds is 5. The first-order chi connectivity index (χ1) is 16.2. The van der Waals surface area contributed by atoms with Gasteiger partial charge in [0.2, 0.25) is 5.89 Å². The third-order valence-corrected chi connectivity index (χ3v) is 5.99. The average Bonchev–Trinajstić information content (AvgIpc) is 3.34. The second kappa shape index (κ2) is 9.50. The van der Waals surface area contributed by atoms with E-state index in [-0.39, 0.29) is 11.9 Å². The Balaban J connectivity index is 1.37. The lowest BCUT2D eigenvalue weighted by Crippen LogP contribution is -2.39. The van der Waals surface area contributed by atoms with Gasteiger partial charge in [-0.1, -0.05) is 29.8 Å². The zero-order valence-electron chi connectivity index (χ0n) is 17.9. The molecular formula is C25H22ClN5O2. The van der Waals surface area contributed by atoms with Crippen LogP contribution in [-0.4, -0.2) is 37.3 Å². The van der Waals surface area contributed by atoms with Crippen LogP contribution in [0.25, 0.3) is 11.3 Å². The third kappa shape index (κ3) is 4.78. The van der Waals surface area contributed by atoms with Crippen LogP contribution in [0.15, 0.2) is 71.8 Å². The number of likely N-dealkylation sites (tertiary alicyclic amines) is 1. The van der Waals surface area contributed by atoms with E-state index in [0.29, 0.717) is 35.3 Å². The highest BCUT2D eigenvalue weighted by molar-refractivity contribution is 6.30. The van der Waals surface area contributed by atoms with Crippen molar-refractivity contribution in [3.8, 4) is 11.3 Å². The number of pyridine rings is 1. The number of hydrogen-bond acceptors (Lipinski definition) is 6. The molecule has 0 bridgehead atoms. The fraction of sp³-hybridized carbons (Fsp3) is 0.240. The summed E-state index contributed by atoms with van der Waals surface area (Å²) in [6.07, 6.45) is 9.95. The number of halogens is 1. The van der Waals surface area contributed by atoms with Crippen LogP contribution < -0.4 is 0 Å². The first kappa shape index (κ1) is 21.3. The highest BCUT2D eigenvalue weighted by Crippen LogP contribution is 2.32. The summed E-state index contributed by atoms with van der Waals surface area (Å²) < 4.78 is 6.09. The molecular weight excluding hydrogens is 438 g/mol. The molecule has 1 saturated heterocycles. The number of hydrogen-bond donors (Lipinski definition) is 0. The van der Waals surface area contributed by atoms with Gasteiger partial charge in [-0.3, -0.25) is 4.79 Å². The van der Waals surface area contributed by atoms with Gasteiger partial charge in [-0.25, -0.2) is 19.9 Å². The summed E-state index contributed by atoms with van der Waals surface area (Å²) in [5, 5.41) is 0.700. The summed E-state index contributed by atoms with van der Waals surface area (Å²) in [7, 11) is 0. The van der Waals surface area contributed by atoms with Crippen LogP contribution in [-0.2, 0) is 6.42 Å². The van der Waals surface area contributed by atoms with Gasteiger partial charge in [0.25, 0.3) is 5.91 Å². The lowest BCUT2D eigenvalue weighted by atomic mass is 10.0. The third-order valence-electron chi connectivity index (χ3n) is 5.74. The summed E-state index contributed by atoms with van der Waals surface area (Å²) >= 11 is 5.98. The Morgan fingerprint density at radius 1 is 1.06 bits per heavy atom. The molecule has 7 nitrogen and oxygen atoms in total. The predicted molar refractivity (Wildman–Crippen MR) is 124 cm³/mol. The van der Waals surface area contributed by atoms with Crippen molar-refractivity contribution in [1.29, 1.82) is 0 Å². The number of carbonyl (C=O) groups excluding carboxylic acids is 1. The molecule has 166 valence electrons. The van der Waals surface area contributed by atoms with Crippen LogP contribution in [0, 0.1) is 0 Å². The number of benzene rings is 1. The fourth-order valence-electron chi connectivity index (χ4n) is 4.09. The number of piperidine rings is 1. The minimum atomic E-state index is -0.212. The zero-order chi connectivity index (χ0) is 22.6. The molecule has 0 unspecified atom stereocenters. The maximum Gasteiger partial charge on any atom is 0.273 e. The van der Waals surface area contributed by atoms with E-state index in [1.54, 1.807) is 24.7 Å². The molecule has 0 radical (unpaired) electrons. The van der Waals surface area contributed by atoms with E-state index in [1.165, 1.54) is 6.33 Å². The van der Waals surface area contributed by atoms with Crippen LogP contribution in [0.2, 0.25) is 5.02 Å². The summed E-state index contributed by atoms with van der Waals surface area (Å²) in [4.78, 5) is 32.5. The second-order valence-corrected chi connectivity index (χ2v) is 8.45. The van der Waals surface area contributed by atoms with E-state index in [1.807, 2.05) is 41.3 Å². The van der Waals surface area contributed by atoms with Gasteiger partial charge < -0.3 is 9.32 Å². The van der Waals surface area contributed by atoms with E-state index < -0.39 is 0 Å². The molecule has 1 atom stereocenters. The Morgan fingerprint density at radius 2 is 1.88 bits per heavy atom. The van der Waals surface area contributed by atoms with E-state index in [9.17, 15) is 4.79 Å². The van der Waals surface area contributed by atoms with Gasteiger partial charge in [-0.2, -0.15) is 0 Å². The van der Waals surface area contributed by atoms with E-state index >= 15 is 0 Å². The smallest absolute Gasteiger partial charge is 0.273 e. The molecule has 1 aliphatic rings. The van der Waals surface area contributed by atoms with Crippen LogP contribution in [0.1, 0.15) is 53.0 Å². The fourth-order valence-corrected chi connectivity index (χ4v) is 4.21. The standard InChI is InChI=1S/C25H22ClN5O2/c26-19-9-7-17(8-10-19)12-20-15-29-24(33-20)23-6-1-2-11-31(23)25(32)22-5-3-4-21(30-22)18-13-27-16-28-14-18/h3-5,7-10,13-16,23H,1-2,6,11-12H2/t23-/m1/s1. The zero-order valence-corrected chi connectivity index (χ0v) is 18.7.